The molecule has 6 heteroatoms. The van der Waals surface area contributed by atoms with Crippen molar-refractivity contribution in [3.05, 3.63) is 119 Å². The first kappa shape index (κ1) is 26.8. The minimum atomic E-state index is -0.384. The SMILES string of the molecule is Cc1ccc(C(=O)OCCOc2c3ccccc3c(OCCOC(=O)c3ccc(C)cc3)c3ccccc23)cc1. The van der Waals surface area contributed by atoms with Gasteiger partial charge < -0.3 is 18.9 Å². The van der Waals surface area contributed by atoms with Crippen LogP contribution in [0.2, 0.25) is 0 Å². The van der Waals surface area contributed by atoms with E-state index in [0.29, 0.717) is 22.6 Å². The summed E-state index contributed by atoms with van der Waals surface area (Å²) in [6.45, 7) is 4.55. The number of carbonyl (C=O) groups is 2. The molecule has 0 aliphatic rings. The largest absolute Gasteiger partial charge is 0.489 e. The Kier molecular flexibility index (Phi) is 8.26. The molecule has 0 N–H and O–H groups in total. The molecule has 0 aliphatic carbocycles. The Morgan fingerprint density at radius 1 is 0.475 bits per heavy atom. The maximum absolute atomic E-state index is 12.4. The fourth-order valence-corrected chi connectivity index (χ4v) is 4.46. The van der Waals surface area contributed by atoms with E-state index in [2.05, 4.69) is 0 Å². The molecule has 0 saturated carbocycles. The van der Waals surface area contributed by atoms with Gasteiger partial charge >= 0.3 is 11.9 Å². The Morgan fingerprint density at radius 3 is 1.12 bits per heavy atom. The number of benzene rings is 5. The van der Waals surface area contributed by atoms with Gasteiger partial charge in [-0.2, -0.15) is 0 Å². The fourth-order valence-electron chi connectivity index (χ4n) is 4.46. The molecule has 0 saturated heterocycles. The number of hydrogen-bond acceptors (Lipinski definition) is 6. The molecule has 0 aliphatic heterocycles. The van der Waals surface area contributed by atoms with Gasteiger partial charge in [0.05, 0.1) is 11.1 Å². The maximum atomic E-state index is 12.4. The molecule has 0 spiro atoms. The molecule has 40 heavy (non-hydrogen) atoms. The molecule has 0 atom stereocenters. The van der Waals surface area contributed by atoms with Gasteiger partial charge in [-0.3, -0.25) is 0 Å². The molecule has 5 aromatic rings. The Morgan fingerprint density at radius 2 is 0.800 bits per heavy atom. The van der Waals surface area contributed by atoms with Crippen LogP contribution >= 0.6 is 0 Å². The van der Waals surface area contributed by atoms with E-state index in [1.54, 1.807) is 24.3 Å². The smallest absolute Gasteiger partial charge is 0.338 e. The first-order valence-corrected chi connectivity index (χ1v) is 13.2. The van der Waals surface area contributed by atoms with Crippen LogP contribution in [-0.4, -0.2) is 38.4 Å². The third-order valence-electron chi connectivity index (χ3n) is 6.53. The normalized spacial score (nSPS) is 10.8. The second kappa shape index (κ2) is 12.3. The molecule has 0 fully saturated rings. The highest BCUT2D eigenvalue weighted by Gasteiger charge is 2.17. The summed E-state index contributed by atoms with van der Waals surface area (Å²) < 4.78 is 23.3. The van der Waals surface area contributed by atoms with Crippen LogP contribution in [0.5, 0.6) is 11.5 Å². The third-order valence-corrected chi connectivity index (χ3v) is 6.53. The molecule has 202 valence electrons. The fraction of sp³-hybridized carbons (Fsp3) is 0.176. The van der Waals surface area contributed by atoms with Crippen LogP contribution < -0.4 is 9.47 Å². The topological polar surface area (TPSA) is 71.1 Å². The number of fused-ring (bicyclic) bond motifs is 2. The zero-order chi connectivity index (χ0) is 27.9. The third kappa shape index (κ3) is 6.07. The van der Waals surface area contributed by atoms with Gasteiger partial charge in [0, 0.05) is 21.5 Å². The number of esters is 2. The zero-order valence-electron chi connectivity index (χ0n) is 22.5. The van der Waals surface area contributed by atoms with E-state index in [1.165, 1.54) is 0 Å². The number of hydrogen-bond donors (Lipinski definition) is 0. The van der Waals surface area contributed by atoms with Crippen molar-refractivity contribution in [2.75, 3.05) is 26.4 Å². The lowest BCUT2D eigenvalue weighted by Crippen LogP contribution is -2.13. The lowest BCUT2D eigenvalue weighted by atomic mass is 10.0. The first-order valence-electron chi connectivity index (χ1n) is 13.2. The lowest BCUT2D eigenvalue weighted by Gasteiger charge is -2.18. The molecule has 5 rings (SSSR count). The van der Waals surface area contributed by atoms with Crippen molar-refractivity contribution >= 4 is 33.5 Å². The minimum absolute atomic E-state index is 0.111. The van der Waals surface area contributed by atoms with Gasteiger partial charge in [-0.15, -0.1) is 0 Å². The molecule has 0 heterocycles. The van der Waals surface area contributed by atoms with Crippen LogP contribution in [0.1, 0.15) is 31.8 Å². The van der Waals surface area contributed by atoms with E-state index < -0.39 is 0 Å². The maximum Gasteiger partial charge on any atom is 0.338 e. The Hall–Kier alpha value is -4.84. The van der Waals surface area contributed by atoms with Gasteiger partial charge in [0.25, 0.3) is 0 Å². The summed E-state index contributed by atoms with van der Waals surface area (Å²) >= 11 is 0. The van der Waals surface area contributed by atoms with Gasteiger partial charge in [0.15, 0.2) is 0 Å². The molecule has 0 aromatic heterocycles. The van der Waals surface area contributed by atoms with Gasteiger partial charge in [0.2, 0.25) is 0 Å². The predicted molar refractivity (Wildman–Crippen MR) is 155 cm³/mol. The summed E-state index contributed by atoms with van der Waals surface area (Å²) in [5.41, 5.74) is 3.17. The van der Waals surface area contributed by atoms with Crippen molar-refractivity contribution < 1.29 is 28.5 Å². The summed E-state index contributed by atoms with van der Waals surface area (Å²) in [5.74, 6) is 0.613. The van der Waals surface area contributed by atoms with Crippen molar-refractivity contribution in [2.45, 2.75) is 13.8 Å². The summed E-state index contributed by atoms with van der Waals surface area (Å²) in [5, 5.41) is 3.49. The van der Waals surface area contributed by atoms with E-state index in [1.807, 2.05) is 86.6 Å². The predicted octanol–water partition coefficient (Wildman–Crippen LogP) is 7.08. The van der Waals surface area contributed by atoms with Crippen LogP contribution in [0, 0.1) is 13.8 Å². The lowest BCUT2D eigenvalue weighted by molar-refractivity contribution is 0.0443. The summed E-state index contributed by atoms with van der Waals surface area (Å²) in [6.07, 6.45) is 0. The standard InChI is InChI=1S/C34H30O6/c1-23-11-15-25(16-12-23)33(35)39-21-19-37-31-27-7-3-5-9-29(27)32(30-10-6-4-8-28(30)31)38-20-22-40-34(36)26-17-13-24(2)14-18-26/h3-18H,19-22H2,1-2H3. The monoisotopic (exact) mass is 534 g/mol. The van der Waals surface area contributed by atoms with Crippen LogP contribution in [0.15, 0.2) is 97.1 Å². The molecule has 0 bridgehead atoms. The summed E-state index contributed by atoms with van der Waals surface area (Å²) in [6, 6.07) is 30.2. The molecule has 0 amide bonds. The summed E-state index contributed by atoms with van der Waals surface area (Å²) in [7, 11) is 0. The highest BCUT2D eigenvalue weighted by atomic mass is 16.6. The van der Waals surface area contributed by atoms with Crippen molar-refractivity contribution in [3.8, 4) is 11.5 Å². The quantitative estimate of drug-likeness (QED) is 0.108. The van der Waals surface area contributed by atoms with Crippen molar-refractivity contribution in [1.29, 1.82) is 0 Å². The van der Waals surface area contributed by atoms with Crippen molar-refractivity contribution in [3.63, 3.8) is 0 Å². The highest BCUT2D eigenvalue weighted by Crippen LogP contribution is 2.42. The summed E-state index contributed by atoms with van der Waals surface area (Å²) in [4.78, 5) is 24.7. The zero-order valence-corrected chi connectivity index (χ0v) is 22.5. The number of aryl methyl sites for hydroxylation is 2. The van der Waals surface area contributed by atoms with Gasteiger partial charge in [-0.05, 0) is 38.1 Å². The molecular formula is C34H30O6. The number of ether oxygens (including phenoxy) is 4. The number of rotatable bonds is 10. The Bertz CT molecular complexity index is 1460. The van der Waals surface area contributed by atoms with Crippen molar-refractivity contribution in [2.24, 2.45) is 0 Å². The molecular weight excluding hydrogens is 504 g/mol. The Labute approximate surface area is 233 Å². The van der Waals surface area contributed by atoms with E-state index in [4.69, 9.17) is 18.9 Å². The second-order valence-corrected chi connectivity index (χ2v) is 9.45. The molecule has 0 unspecified atom stereocenters. The van der Waals surface area contributed by atoms with E-state index in [-0.39, 0.29) is 38.4 Å². The van der Waals surface area contributed by atoms with Gasteiger partial charge in [0.1, 0.15) is 37.9 Å². The first-order chi connectivity index (χ1) is 19.5. The molecule has 0 radical (unpaired) electrons. The average Bonchev–Trinajstić information content (AvgIpc) is 2.98. The van der Waals surface area contributed by atoms with Crippen LogP contribution in [0.3, 0.4) is 0 Å². The van der Waals surface area contributed by atoms with E-state index in [9.17, 15) is 9.59 Å². The molecule has 5 aromatic carbocycles. The van der Waals surface area contributed by atoms with E-state index in [0.717, 1.165) is 32.7 Å². The van der Waals surface area contributed by atoms with Crippen molar-refractivity contribution in [1.82, 2.24) is 0 Å². The minimum Gasteiger partial charge on any atom is -0.489 e. The Balaban J connectivity index is 1.29. The average molecular weight is 535 g/mol. The van der Waals surface area contributed by atoms with Crippen LogP contribution in [0.4, 0.5) is 0 Å². The van der Waals surface area contributed by atoms with Crippen LogP contribution in [-0.2, 0) is 9.47 Å². The second-order valence-electron chi connectivity index (χ2n) is 9.45. The van der Waals surface area contributed by atoms with Gasteiger partial charge in [-0.25, -0.2) is 9.59 Å². The van der Waals surface area contributed by atoms with Gasteiger partial charge in [-0.1, -0.05) is 83.9 Å². The highest BCUT2D eigenvalue weighted by molar-refractivity contribution is 6.11. The van der Waals surface area contributed by atoms with Crippen LogP contribution in [0.25, 0.3) is 21.5 Å². The molecule has 6 nitrogen and oxygen atoms in total. The van der Waals surface area contributed by atoms with E-state index >= 15 is 0 Å². The number of carbonyl (C=O) groups excluding carboxylic acids is 2.